The van der Waals surface area contributed by atoms with Crippen LogP contribution in [0.15, 0.2) is 0 Å². The van der Waals surface area contributed by atoms with Gasteiger partial charge in [0, 0.05) is 13.2 Å². The van der Waals surface area contributed by atoms with Crippen LogP contribution in [0.4, 0.5) is 0 Å². The highest BCUT2D eigenvalue weighted by molar-refractivity contribution is 4.76. The first-order valence-corrected chi connectivity index (χ1v) is 14.6. The molecule has 202 valence electrons. The van der Waals surface area contributed by atoms with Crippen LogP contribution in [-0.4, -0.2) is 31.5 Å². The fourth-order valence-corrected chi connectivity index (χ4v) is 4.20. The molecular weight excluding hydrogens is 474 g/mol. The van der Waals surface area contributed by atoms with Crippen LogP contribution in [0.2, 0.25) is 0 Å². The lowest BCUT2D eigenvalue weighted by atomic mass is 9.99. The summed E-state index contributed by atoms with van der Waals surface area (Å²) in [6.07, 6.45) is 27.4. The Morgan fingerprint density at radius 2 is 0.879 bits per heavy atom. The molecule has 4 heteroatoms. The monoisotopic (exact) mass is 535 g/mol. The Balaban J connectivity index is 0. The number of rotatable bonds is 26. The van der Waals surface area contributed by atoms with Crippen LogP contribution in [0.5, 0.6) is 0 Å². The lowest BCUT2D eigenvalue weighted by Gasteiger charge is -2.27. The van der Waals surface area contributed by atoms with Crippen molar-refractivity contribution in [2.75, 3.05) is 19.8 Å². The van der Waals surface area contributed by atoms with E-state index in [0.29, 0.717) is 6.61 Å². The van der Waals surface area contributed by atoms with Crippen LogP contribution in [0.25, 0.3) is 0 Å². The molecule has 0 aliphatic heterocycles. The number of ether oxygens (including phenoxy) is 2. The SMILES string of the molecule is CCCCCCCCCCCCOCC(OCCCCCCCCCCCC)C(C)(C)[NH3+].[Br-]. The molecule has 0 aliphatic rings. The van der Waals surface area contributed by atoms with Crippen molar-refractivity contribution in [3.63, 3.8) is 0 Å². The first-order valence-electron chi connectivity index (χ1n) is 14.6. The average Bonchev–Trinajstić information content (AvgIpc) is 2.75. The molecule has 0 amide bonds. The second kappa shape index (κ2) is 27.0. The quantitative estimate of drug-likeness (QED) is 0.153. The van der Waals surface area contributed by atoms with E-state index >= 15 is 0 Å². The number of unbranched alkanes of at least 4 members (excludes halogenated alkanes) is 18. The Kier molecular flexibility index (Phi) is 29.0. The minimum Gasteiger partial charge on any atom is -1.00 e. The van der Waals surface area contributed by atoms with Crippen LogP contribution in [0.1, 0.15) is 156 Å². The van der Waals surface area contributed by atoms with Crippen molar-refractivity contribution in [2.45, 2.75) is 168 Å². The van der Waals surface area contributed by atoms with Gasteiger partial charge in [-0.2, -0.15) is 0 Å². The Labute approximate surface area is 219 Å². The van der Waals surface area contributed by atoms with Gasteiger partial charge in [-0.15, -0.1) is 0 Å². The molecule has 1 unspecified atom stereocenters. The van der Waals surface area contributed by atoms with Crippen molar-refractivity contribution in [1.29, 1.82) is 0 Å². The highest BCUT2D eigenvalue weighted by atomic mass is 79.9. The maximum absolute atomic E-state index is 6.19. The molecule has 1 atom stereocenters. The van der Waals surface area contributed by atoms with Crippen LogP contribution >= 0.6 is 0 Å². The van der Waals surface area contributed by atoms with Gasteiger partial charge in [0.05, 0.1) is 6.61 Å². The van der Waals surface area contributed by atoms with Gasteiger partial charge >= 0.3 is 0 Å². The summed E-state index contributed by atoms with van der Waals surface area (Å²) in [5, 5.41) is 0. The lowest BCUT2D eigenvalue weighted by molar-refractivity contribution is -0.487. The van der Waals surface area contributed by atoms with E-state index in [0.717, 1.165) is 13.2 Å². The standard InChI is InChI=1S/C29H61NO2.BrH/c1-5-7-9-11-13-15-17-19-21-23-25-31-27-28(29(3,4)30)32-26-24-22-20-18-16-14-12-10-8-6-2;/h28H,5-27,30H2,1-4H3;1H. The zero-order valence-corrected chi connectivity index (χ0v) is 24.8. The Morgan fingerprint density at radius 1 is 0.545 bits per heavy atom. The highest BCUT2D eigenvalue weighted by Gasteiger charge is 2.29. The molecule has 0 heterocycles. The molecule has 0 aromatic carbocycles. The lowest BCUT2D eigenvalue weighted by Crippen LogP contribution is -3.00. The second-order valence-electron chi connectivity index (χ2n) is 10.8. The Morgan fingerprint density at radius 3 is 1.24 bits per heavy atom. The molecule has 0 radical (unpaired) electrons. The van der Waals surface area contributed by atoms with Gasteiger partial charge in [0.25, 0.3) is 0 Å². The molecule has 33 heavy (non-hydrogen) atoms. The summed E-state index contributed by atoms with van der Waals surface area (Å²) < 4.78 is 12.2. The van der Waals surface area contributed by atoms with E-state index in [2.05, 4.69) is 33.4 Å². The number of quaternary nitrogens is 1. The van der Waals surface area contributed by atoms with E-state index in [9.17, 15) is 0 Å². The Hall–Kier alpha value is 0.360. The molecule has 0 aromatic rings. The molecule has 0 fully saturated rings. The second-order valence-corrected chi connectivity index (χ2v) is 10.8. The molecule has 3 N–H and O–H groups in total. The third kappa shape index (κ3) is 26.8. The van der Waals surface area contributed by atoms with Gasteiger partial charge in [-0.1, -0.05) is 129 Å². The zero-order chi connectivity index (χ0) is 23.8. The zero-order valence-electron chi connectivity index (χ0n) is 23.2. The van der Waals surface area contributed by atoms with Crippen molar-refractivity contribution in [3.05, 3.63) is 0 Å². The first kappa shape index (κ1) is 35.5. The van der Waals surface area contributed by atoms with Gasteiger partial charge in [0.2, 0.25) is 0 Å². The van der Waals surface area contributed by atoms with Gasteiger partial charge in [-0.05, 0) is 26.7 Å². The average molecular weight is 537 g/mol. The topological polar surface area (TPSA) is 46.1 Å². The van der Waals surface area contributed by atoms with Gasteiger partial charge in [-0.3, -0.25) is 0 Å². The largest absolute Gasteiger partial charge is 1.00 e. The van der Waals surface area contributed by atoms with Crippen LogP contribution in [0, 0.1) is 0 Å². The Bertz CT molecular complexity index is 360. The molecule has 0 spiro atoms. The van der Waals surface area contributed by atoms with Crippen molar-refractivity contribution >= 4 is 0 Å². The molecule has 3 nitrogen and oxygen atoms in total. The van der Waals surface area contributed by atoms with Gasteiger partial charge < -0.3 is 32.2 Å². The van der Waals surface area contributed by atoms with E-state index in [-0.39, 0.29) is 28.6 Å². The number of hydrogen-bond donors (Lipinski definition) is 1. The number of halogens is 1. The fraction of sp³-hybridized carbons (Fsp3) is 1.00. The van der Waals surface area contributed by atoms with Crippen molar-refractivity contribution in [1.82, 2.24) is 0 Å². The van der Waals surface area contributed by atoms with Gasteiger partial charge in [0.15, 0.2) is 0 Å². The molecule has 0 saturated heterocycles. The van der Waals surface area contributed by atoms with E-state index < -0.39 is 0 Å². The predicted molar refractivity (Wildman–Crippen MR) is 141 cm³/mol. The third-order valence-electron chi connectivity index (χ3n) is 6.60. The smallest absolute Gasteiger partial charge is 0.134 e. The van der Waals surface area contributed by atoms with E-state index in [1.807, 2.05) is 0 Å². The predicted octanol–water partition coefficient (Wildman–Crippen LogP) is 5.25. The molecule has 0 saturated carbocycles. The molecule has 0 bridgehead atoms. The summed E-state index contributed by atoms with van der Waals surface area (Å²) in [6, 6.07) is 0. The van der Waals surface area contributed by atoms with E-state index in [1.54, 1.807) is 0 Å². The van der Waals surface area contributed by atoms with Gasteiger partial charge in [0.1, 0.15) is 11.6 Å². The molecular formula is C29H62BrNO2. The van der Waals surface area contributed by atoms with Crippen molar-refractivity contribution in [2.24, 2.45) is 0 Å². The van der Waals surface area contributed by atoms with Crippen LogP contribution in [-0.2, 0) is 9.47 Å². The fourth-order valence-electron chi connectivity index (χ4n) is 4.20. The van der Waals surface area contributed by atoms with Gasteiger partial charge in [-0.25, -0.2) is 0 Å². The summed E-state index contributed by atoms with van der Waals surface area (Å²) >= 11 is 0. The summed E-state index contributed by atoms with van der Waals surface area (Å²) in [7, 11) is 0. The van der Waals surface area contributed by atoms with E-state index in [1.165, 1.54) is 128 Å². The first-order chi connectivity index (χ1) is 15.5. The summed E-state index contributed by atoms with van der Waals surface area (Å²) in [6.45, 7) is 11.3. The maximum Gasteiger partial charge on any atom is 0.134 e. The molecule has 0 rings (SSSR count). The highest BCUT2D eigenvalue weighted by Crippen LogP contribution is 2.14. The van der Waals surface area contributed by atoms with Crippen LogP contribution in [0.3, 0.4) is 0 Å². The summed E-state index contributed by atoms with van der Waals surface area (Å²) in [4.78, 5) is 0. The number of hydrogen-bond acceptors (Lipinski definition) is 2. The van der Waals surface area contributed by atoms with E-state index in [4.69, 9.17) is 9.47 Å². The summed E-state index contributed by atoms with van der Waals surface area (Å²) in [5.74, 6) is 0. The molecule has 0 aromatic heterocycles. The summed E-state index contributed by atoms with van der Waals surface area (Å²) in [5.41, 5.74) is 4.21. The minimum absolute atomic E-state index is 0. The van der Waals surface area contributed by atoms with Crippen LogP contribution < -0.4 is 22.7 Å². The minimum atomic E-state index is -0.101. The molecule has 0 aliphatic carbocycles. The normalized spacial score (nSPS) is 12.6. The van der Waals surface area contributed by atoms with Crippen molar-refractivity contribution in [3.8, 4) is 0 Å². The third-order valence-corrected chi connectivity index (χ3v) is 6.60. The van der Waals surface area contributed by atoms with Crippen molar-refractivity contribution < 1.29 is 32.2 Å². The maximum atomic E-state index is 6.19.